The second kappa shape index (κ2) is 6.68. The van der Waals surface area contributed by atoms with Gasteiger partial charge in [-0.25, -0.2) is 4.79 Å². The second-order valence-electron chi connectivity index (χ2n) is 3.56. The third kappa shape index (κ3) is 3.78. The summed E-state index contributed by atoms with van der Waals surface area (Å²) in [6, 6.07) is 6.86. The Balaban J connectivity index is 2.44. The molecule has 0 saturated carbocycles. The van der Waals surface area contributed by atoms with Crippen LogP contribution in [0.2, 0.25) is 0 Å². The van der Waals surface area contributed by atoms with Gasteiger partial charge in [0.15, 0.2) is 0 Å². The Morgan fingerprint density at radius 1 is 1.31 bits per heavy atom. The SMILES string of the molecule is C#Cc1ccc(C(=O)OCCCCC)cc1. The van der Waals surface area contributed by atoms with Crippen LogP contribution in [0.1, 0.15) is 42.1 Å². The lowest BCUT2D eigenvalue weighted by atomic mass is 10.1. The number of hydrogen-bond acceptors (Lipinski definition) is 2. The number of benzene rings is 1. The van der Waals surface area contributed by atoms with Gasteiger partial charge in [-0.1, -0.05) is 25.7 Å². The van der Waals surface area contributed by atoms with E-state index in [2.05, 4.69) is 12.8 Å². The van der Waals surface area contributed by atoms with Crippen LogP contribution in [-0.2, 0) is 4.74 Å². The topological polar surface area (TPSA) is 26.3 Å². The van der Waals surface area contributed by atoms with E-state index >= 15 is 0 Å². The monoisotopic (exact) mass is 216 g/mol. The Morgan fingerprint density at radius 3 is 2.56 bits per heavy atom. The summed E-state index contributed by atoms with van der Waals surface area (Å²) in [7, 11) is 0. The Labute approximate surface area is 96.6 Å². The predicted octanol–water partition coefficient (Wildman–Crippen LogP) is 3.01. The lowest BCUT2D eigenvalue weighted by Gasteiger charge is -2.04. The fourth-order valence-corrected chi connectivity index (χ4v) is 1.30. The zero-order chi connectivity index (χ0) is 11.8. The summed E-state index contributed by atoms with van der Waals surface area (Å²) in [5.41, 5.74) is 1.32. The molecule has 0 aliphatic rings. The zero-order valence-corrected chi connectivity index (χ0v) is 9.53. The van der Waals surface area contributed by atoms with Gasteiger partial charge in [0.2, 0.25) is 0 Å². The minimum atomic E-state index is -0.278. The van der Waals surface area contributed by atoms with E-state index in [0.717, 1.165) is 24.8 Å². The molecule has 2 nitrogen and oxygen atoms in total. The molecule has 0 aliphatic heterocycles. The van der Waals surface area contributed by atoms with Crippen molar-refractivity contribution in [3.05, 3.63) is 35.4 Å². The highest BCUT2D eigenvalue weighted by Crippen LogP contribution is 2.05. The van der Waals surface area contributed by atoms with Gasteiger partial charge in [0.05, 0.1) is 12.2 Å². The van der Waals surface area contributed by atoms with Gasteiger partial charge in [-0.2, -0.15) is 0 Å². The minimum Gasteiger partial charge on any atom is -0.462 e. The quantitative estimate of drug-likeness (QED) is 0.429. The Hall–Kier alpha value is -1.75. The average Bonchev–Trinajstić information content (AvgIpc) is 2.34. The minimum absolute atomic E-state index is 0.278. The number of esters is 1. The van der Waals surface area contributed by atoms with Gasteiger partial charge in [-0.3, -0.25) is 0 Å². The highest BCUT2D eigenvalue weighted by Gasteiger charge is 2.05. The van der Waals surface area contributed by atoms with E-state index in [4.69, 9.17) is 11.2 Å². The summed E-state index contributed by atoms with van der Waals surface area (Å²) >= 11 is 0. The Morgan fingerprint density at radius 2 is 2.00 bits per heavy atom. The fourth-order valence-electron chi connectivity index (χ4n) is 1.30. The predicted molar refractivity (Wildman–Crippen MR) is 64.2 cm³/mol. The highest BCUT2D eigenvalue weighted by atomic mass is 16.5. The normalized spacial score (nSPS) is 9.50. The molecule has 0 spiro atoms. The molecule has 16 heavy (non-hydrogen) atoms. The number of ether oxygens (including phenoxy) is 1. The highest BCUT2D eigenvalue weighted by molar-refractivity contribution is 5.89. The van der Waals surface area contributed by atoms with Gasteiger partial charge < -0.3 is 4.74 Å². The standard InChI is InChI=1S/C14H16O2/c1-3-5-6-11-16-14(15)13-9-7-12(4-2)8-10-13/h2,7-10H,3,5-6,11H2,1H3. The van der Waals surface area contributed by atoms with Crippen LogP contribution in [0.15, 0.2) is 24.3 Å². The third-order valence-corrected chi connectivity index (χ3v) is 2.27. The van der Waals surface area contributed by atoms with Gasteiger partial charge >= 0.3 is 5.97 Å². The maximum absolute atomic E-state index is 11.5. The largest absolute Gasteiger partial charge is 0.462 e. The molecule has 1 aromatic carbocycles. The van der Waals surface area contributed by atoms with Crippen LogP contribution in [0, 0.1) is 12.3 Å². The Kier molecular flexibility index (Phi) is 5.15. The lowest BCUT2D eigenvalue weighted by Crippen LogP contribution is -2.06. The molecule has 0 aliphatic carbocycles. The van der Waals surface area contributed by atoms with E-state index in [-0.39, 0.29) is 5.97 Å². The molecule has 0 unspecified atom stereocenters. The van der Waals surface area contributed by atoms with E-state index in [1.165, 1.54) is 0 Å². The van der Waals surface area contributed by atoms with Crippen LogP contribution in [-0.4, -0.2) is 12.6 Å². The van der Waals surface area contributed by atoms with Crippen LogP contribution in [0.25, 0.3) is 0 Å². The van der Waals surface area contributed by atoms with Gasteiger partial charge in [0.1, 0.15) is 0 Å². The molecule has 0 aromatic heterocycles. The first-order valence-electron chi connectivity index (χ1n) is 5.51. The fraction of sp³-hybridized carbons (Fsp3) is 0.357. The van der Waals surface area contributed by atoms with Crippen LogP contribution < -0.4 is 0 Å². The molecule has 0 N–H and O–H groups in total. The van der Waals surface area contributed by atoms with Gasteiger partial charge in [-0.05, 0) is 30.7 Å². The van der Waals surface area contributed by atoms with Gasteiger partial charge in [0.25, 0.3) is 0 Å². The first kappa shape index (κ1) is 12.3. The number of rotatable bonds is 5. The van der Waals surface area contributed by atoms with Crippen molar-refractivity contribution in [3.8, 4) is 12.3 Å². The first-order valence-corrected chi connectivity index (χ1v) is 5.51. The number of carbonyl (C=O) groups is 1. The number of carbonyl (C=O) groups excluding carboxylic acids is 1. The van der Waals surface area contributed by atoms with Crippen molar-refractivity contribution in [1.82, 2.24) is 0 Å². The van der Waals surface area contributed by atoms with Crippen molar-refractivity contribution < 1.29 is 9.53 Å². The molecule has 84 valence electrons. The molecule has 0 fully saturated rings. The van der Waals surface area contributed by atoms with E-state index in [1.807, 2.05) is 0 Å². The van der Waals surface area contributed by atoms with Crippen LogP contribution >= 0.6 is 0 Å². The van der Waals surface area contributed by atoms with Crippen LogP contribution in [0.5, 0.6) is 0 Å². The van der Waals surface area contributed by atoms with Crippen LogP contribution in [0.4, 0.5) is 0 Å². The van der Waals surface area contributed by atoms with Gasteiger partial charge in [0, 0.05) is 5.56 Å². The Bertz CT molecular complexity index is 371. The van der Waals surface area contributed by atoms with Crippen molar-refractivity contribution in [2.75, 3.05) is 6.61 Å². The van der Waals surface area contributed by atoms with E-state index in [9.17, 15) is 4.79 Å². The van der Waals surface area contributed by atoms with Crippen molar-refractivity contribution in [1.29, 1.82) is 0 Å². The summed E-state index contributed by atoms with van der Waals surface area (Å²) in [4.78, 5) is 11.5. The van der Waals surface area contributed by atoms with E-state index in [1.54, 1.807) is 24.3 Å². The molecule has 1 aromatic rings. The van der Waals surface area contributed by atoms with E-state index < -0.39 is 0 Å². The molecule has 0 radical (unpaired) electrons. The molecule has 0 bridgehead atoms. The second-order valence-corrected chi connectivity index (χ2v) is 3.56. The molecule has 0 amide bonds. The number of terminal acetylenes is 1. The molecule has 2 heteroatoms. The summed E-state index contributed by atoms with van der Waals surface area (Å²) in [5.74, 6) is 2.22. The van der Waals surface area contributed by atoms with E-state index in [0.29, 0.717) is 12.2 Å². The van der Waals surface area contributed by atoms with Crippen LogP contribution in [0.3, 0.4) is 0 Å². The van der Waals surface area contributed by atoms with Crippen molar-refractivity contribution in [3.63, 3.8) is 0 Å². The molecule has 0 atom stereocenters. The maximum Gasteiger partial charge on any atom is 0.338 e. The molecule has 0 heterocycles. The zero-order valence-electron chi connectivity index (χ0n) is 9.53. The lowest BCUT2D eigenvalue weighted by molar-refractivity contribution is 0.0498. The smallest absolute Gasteiger partial charge is 0.338 e. The maximum atomic E-state index is 11.5. The van der Waals surface area contributed by atoms with Gasteiger partial charge in [-0.15, -0.1) is 6.42 Å². The molecule has 0 saturated heterocycles. The van der Waals surface area contributed by atoms with Crippen molar-refractivity contribution >= 4 is 5.97 Å². The van der Waals surface area contributed by atoms with Crippen molar-refractivity contribution in [2.45, 2.75) is 26.2 Å². The number of hydrogen-bond donors (Lipinski definition) is 0. The molecule has 1 rings (SSSR count). The molecular weight excluding hydrogens is 200 g/mol. The van der Waals surface area contributed by atoms with Crippen molar-refractivity contribution in [2.24, 2.45) is 0 Å². The summed E-state index contributed by atoms with van der Waals surface area (Å²) in [5, 5.41) is 0. The summed E-state index contributed by atoms with van der Waals surface area (Å²) in [6.45, 7) is 2.60. The summed E-state index contributed by atoms with van der Waals surface area (Å²) in [6.07, 6.45) is 8.35. The molecular formula is C14H16O2. The summed E-state index contributed by atoms with van der Waals surface area (Å²) < 4.78 is 5.11. The first-order chi connectivity index (χ1) is 7.77. The third-order valence-electron chi connectivity index (χ3n) is 2.27. The number of unbranched alkanes of at least 4 members (excludes halogenated alkanes) is 2. The average molecular weight is 216 g/mol.